The fourth-order valence-electron chi connectivity index (χ4n) is 2.42. The molecule has 0 bridgehead atoms. The highest BCUT2D eigenvalue weighted by atomic mass is 16.5. The van der Waals surface area contributed by atoms with E-state index in [4.69, 9.17) is 10.5 Å². The van der Waals surface area contributed by atoms with Gasteiger partial charge in [0.1, 0.15) is 0 Å². The molecule has 1 saturated carbocycles. The predicted octanol–water partition coefficient (Wildman–Crippen LogP) is 1.79. The van der Waals surface area contributed by atoms with Crippen LogP contribution in [0.4, 0.5) is 0 Å². The van der Waals surface area contributed by atoms with E-state index < -0.39 is 0 Å². The van der Waals surface area contributed by atoms with Gasteiger partial charge in [-0.15, -0.1) is 0 Å². The fourth-order valence-corrected chi connectivity index (χ4v) is 2.42. The van der Waals surface area contributed by atoms with Crippen LogP contribution in [-0.2, 0) is 4.74 Å². The molecule has 1 rings (SSSR count). The maximum atomic E-state index is 5.69. The molecule has 0 aromatic carbocycles. The zero-order valence-corrected chi connectivity index (χ0v) is 8.47. The van der Waals surface area contributed by atoms with Gasteiger partial charge in [-0.05, 0) is 18.8 Å². The Labute approximate surface area is 75.5 Å². The van der Waals surface area contributed by atoms with Crippen LogP contribution >= 0.6 is 0 Å². The molecule has 0 aromatic heterocycles. The van der Waals surface area contributed by atoms with Crippen molar-refractivity contribution in [3.05, 3.63) is 0 Å². The summed E-state index contributed by atoms with van der Waals surface area (Å²) in [6.45, 7) is 5.22. The van der Waals surface area contributed by atoms with Crippen molar-refractivity contribution in [1.82, 2.24) is 0 Å². The van der Waals surface area contributed by atoms with E-state index in [0.717, 1.165) is 0 Å². The average molecular weight is 171 g/mol. The largest absolute Gasteiger partial charge is 0.380 e. The van der Waals surface area contributed by atoms with Gasteiger partial charge >= 0.3 is 0 Å². The second-order valence-corrected chi connectivity index (χ2v) is 4.20. The molecule has 0 spiro atoms. The zero-order chi connectivity index (χ0) is 9.19. The van der Waals surface area contributed by atoms with Crippen LogP contribution in [0.15, 0.2) is 0 Å². The minimum Gasteiger partial charge on any atom is -0.380 e. The topological polar surface area (TPSA) is 35.2 Å². The van der Waals surface area contributed by atoms with Crippen LogP contribution in [0.3, 0.4) is 0 Å². The average Bonchev–Trinajstić information content (AvgIpc) is 1.95. The van der Waals surface area contributed by atoms with E-state index in [-0.39, 0.29) is 6.10 Å². The summed E-state index contributed by atoms with van der Waals surface area (Å²) >= 11 is 0. The quantitative estimate of drug-likeness (QED) is 0.700. The minimum atomic E-state index is 0.270. The zero-order valence-electron chi connectivity index (χ0n) is 8.47. The molecule has 0 aliphatic heterocycles. The number of hydrogen-bond donors (Lipinski definition) is 1. The molecule has 2 N–H and O–H groups in total. The van der Waals surface area contributed by atoms with Gasteiger partial charge in [0.2, 0.25) is 0 Å². The summed E-state index contributed by atoms with van der Waals surface area (Å²) in [7, 11) is 1.78. The van der Waals surface area contributed by atoms with E-state index in [1.165, 1.54) is 19.3 Å². The highest BCUT2D eigenvalue weighted by Gasteiger charge is 2.45. The summed E-state index contributed by atoms with van der Waals surface area (Å²) in [6, 6.07) is 0. The lowest BCUT2D eigenvalue weighted by molar-refractivity contribution is -0.0850. The van der Waals surface area contributed by atoms with Crippen LogP contribution in [0, 0.1) is 11.3 Å². The Bertz CT molecular complexity index is 137. The van der Waals surface area contributed by atoms with E-state index >= 15 is 0 Å². The van der Waals surface area contributed by atoms with Gasteiger partial charge < -0.3 is 10.5 Å². The number of rotatable bonds is 4. The maximum absolute atomic E-state index is 5.69. The van der Waals surface area contributed by atoms with Crippen LogP contribution in [-0.4, -0.2) is 19.8 Å². The summed E-state index contributed by atoms with van der Waals surface area (Å²) in [5.41, 5.74) is 6.08. The van der Waals surface area contributed by atoms with Crippen molar-refractivity contribution < 1.29 is 4.74 Å². The molecule has 12 heavy (non-hydrogen) atoms. The first kappa shape index (κ1) is 10.0. The van der Waals surface area contributed by atoms with Crippen LogP contribution in [0.2, 0.25) is 0 Å². The highest BCUT2D eigenvalue weighted by molar-refractivity contribution is 4.96. The summed E-state index contributed by atoms with van der Waals surface area (Å²) in [5.74, 6) is 0.694. The molecule has 0 aromatic rings. The second-order valence-electron chi connectivity index (χ2n) is 4.20. The van der Waals surface area contributed by atoms with Gasteiger partial charge in [0.05, 0.1) is 6.10 Å². The molecular weight excluding hydrogens is 150 g/mol. The molecule has 1 fully saturated rings. The summed E-state index contributed by atoms with van der Waals surface area (Å²) < 4.78 is 5.44. The molecule has 72 valence electrons. The van der Waals surface area contributed by atoms with Gasteiger partial charge in [0, 0.05) is 19.1 Å². The van der Waals surface area contributed by atoms with Crippen molar-refractivity contribution in [3.8, 4) is 0 Å². The van der Waals surface area contributed by atoms with Gasteiger partial charge in [0.25, 0.3) is 0 Å². The van der Waals surface area contributed by atoms with Crippen molar-refractivity contribution in [2.24, 2.45) is 17.1 Å². The predicted molar refractivity (Wildman–Crippen MR) is 51.0 cm³/mol. The first-order valence-electron chi connectivity index (χ1n) is 4.90. The second kappa shape index (κ2) is 3.75. The third-order valence-electron chi connectivity index (χ3n) is 3.57. The molecule has 0 heterocycles. The minimum absolute atomic E-state index is 0.270. The SMILES string of the molecule is COC(CN)C1(C(C)C)CCC1. The van der Waals surface area contributed by atoms with Crippen LogP contribution < -0.4 is 5.73 Å². The molecule has 1 unspecified atom stereocenters. The van der Waals surface area contributed by atoms with E-state index in [0.29, 0.717) is 17.9 Å². The van der Waals surface area contributed by atoms with Crippen LogP contribution in [0.5, 0.6) is 0 Å². The van der Waals surface area contributed by atoms with Gasteiger partial charge in [-0.2, -0.15) is 0 Å². The Morgan fingerprint density at radius 2 is 2.00 bits per heavy atom. The van der Waals surface area contributed by atoms with E-state index in [2.05, 4.69) is 13.8 Å². The maximum Gasteiger partial charge on any atom is 0.0751 e. The molecule has 1 aliphatic carbocycles. The third-order valence-corrected chi connectivity index (χ3v) is 3.57. The molecule has 1 atom stereocenters. The Kier molecular flexibility index (Phi) is 3.13. The Morgan fingerprint density at radius 3 is 2.08 bits per heavy atom. The van der Waals surface area contributed by atoms with E-state index in [1.54, 1.807) is 7.11 Å². The first-order valence-corrected chi connectivity index (χ1v) is 4.90. The van der Waals surface area contributed by atoms with Gasteiger partial charge in [-0.3, -0.25) is 0 Å². The molecular formula is C10H21NO. The summed E-state index contributed by atoms with van der Waals surface area (Å²) in [6.07, 6.45) is 4.20. The number of ether oxygens (including phenoxy) is 1. The number of hydrogen-bond acceptors (Lipinski definition) is 2. The lowest BCUT2D eigenvalue weighted by Gasteiger charge is -2.50. The molecule has 1 aliphatic rings. The van der Waals surface area contributed by atoms with Crippen molar-refractivity contribution in [2.75, 3.05) is 13.7 Å². The standard InChI is InChI=1S/C10H21NO/c1-8(2)10(5-4-6-10)9(7-11)12-3/h8-9H,4-7,11H2,1-3H3. The van der Waals surface area contributed by atoms with Gasteiger partial charge in [-0.25, -0.2) is 0 Å². The normalized spacial score (nSPS) is 23.8. The van der Waals surface area contributed by atoms with Crippen molar-refractivity contribution >= 4 is 0 Å². The molecule has 0 radical (unpaired) electrons. The number of methoxy groups -OCH3 is 1. The Hall–Kier alpha value is -0.0800. The monoisotopic (exact) mass is 171 g/mol. The van der Waals surface area contributed by atoms with Crippen molar-refractivity contribution in [3.63, 3.8) is 0 Å². The van der Waals surface area contributed by atoms with E-state index in [9.17, 15) is 0 Å². The van der Waals surface area contributed by atoms with E-state index in [1.807, 2.05) is 0 Å². The van der Waals surface area contributed by atoms with Crippen LogP contribution in [0.25, 0.3) is 0 Å². The summed E-state index contributed by atoms with van der Waals surface area (Å²) in [4.78, 5) is 0. The summed E-state index contributed by atoms with van der Waals surface area (Å²) in [5, 5.41) is 0. The number of nitrogens with two attached hydrogens (primary N) is 1. The molecule has 2 heteroatoms. The molecule has 0 amide bonds. The molecule has 0 saturated heterocycles. The van der Waals surface area contributed by atoms with Gasteiger partial charge in [0.15, 0.2) is 0 Å². The lowest BCUT2D eigenvalue weighted by atomic mass is 9.59. The van der Waals surface area contributed by atoms with Gasteiger partial charge in [-0.1, -0.05) is 20.3 Å². The Morgan fingerprint density at radius 1 is 1.42 bits per heavy atom. The van der Waals surface area contributed by atoms with Crippen LogP contribution in [0.1, 0.15) is 33.1 Å². The fraction of sp³-hybridized carbons (Fsp3) is 1.00. The highest BCUT2D eigenvalue weighted by Crippen LogP contribution is 2.50. The van der Waals surface area contributed by atoms with Crippen molar-refractivity contribution in [1.29, 1.82) is 0 Å². The third kappa shape index (κ3) is 1.38. The smallest absolute Gasteiger partial charge is 0.0751 e. The van der Waals surface area contributed by atoms with Crippen molar-refractivity contribution in [2.45, 2.75) is 39.2 Å². The lowest BCUT2D eigenvalue weighted by Crippen LogP contribution is -2.49. The first-order chi connectivity index (χ1) is 5.67. The Balaban J connectivity index is 2.64. The molecule has 2 nitrogen and oxygen atoms in total.